The summed E-state index contributed by atoms with van der Waals surface area (Å²) in [5.74, 6) is -2.23. The zero-order valence-corrected chi connectivity index (χ0v) is 11.7. The first-order chi connectivity index (χ1) is 10.5. The summed E-state index contributed by atoms with van der Waals surface area (Å²) >= 11 is 0. The Morgan fingerprint density at radius 3 is 2.36 bits per heavy atom. The second-order valence-electron chi connectivity index (χ2n) is 5.49. The maximum Gasteiger partial charge on any atom is 0.223 e. The lowest BCUT2D eigenvalue weighted by Gasteiger charge is -2.45. The molecule has 3 rings (SSSR count). The van der Waals surface area contributed by atoms with Crippen LogP contribution in [-0.4, -0.2) is 56.6 Å². The molecule has 0 aliphatic carbocycles. The van der Waals surface area contributed by atoms with Crippen molar-refractivity contribution in [3.8, 4) is 0 Å². The van der Waals surface area contributed by atoms with E-state index in [9.17, 15) is 25.5 Å². The van der Waals surface area contributed by atoms with Gasteiger partial charge in [0.05, 0.1) is 6.61 Å². The highest BCUT2D eigenvalue weighted by molar-refractivity contribution is 5.86. The highest BCUT2D eigenvalue weighted by Gasteiger charge is 2.54. The number of aliphatic hydroxyl groups is 5. The van der Waals surface area contributed by atoms with E-state index in [4.69, 9.17) is 4.74 Å². The number of rotatable bonds is 2. The summed E-state index contributed by atoms with van der Waals surface area (Å²) < 4.78 is 5.36. The standard InChI is InChI=1S/C16H18O6/c17-8-12-13(18)14(19)15(20)16(21,22-12)11-7-3-5-9-4-1-2-6-10(9)11/h1-7,12-15,17-21H,8H2/t12-,13-,14+,15-,16-/m1/s1. The van der Waals surface area contributed by atoms with E-state index in [0.717, 1.165) is 5.39 Å². The number of benzene rings is 2. The van der Waals surface area contributed by atoms with Crippen molar-refractivity contribution in [3.63, 3.8) is 0 Å². The quantitative estimate of drug-likeness (QED) is 0.510. The molecular formula is C16H18O6. The third-order valence-corrected chi connectivity index (χ3v) is 4.14. The van der Waals surface area contributed by atoms with Gasteiger partial charge in [-0.1, -0.05) is 42.5 Å². The van der Waals surface area contributed by atoms with Gasteiger partial charge in [-0.2, -0.15) is 0 Å². The van der Waals surface area contributed by atoms with E-state index < -0.39 is 36.8 Å². The number of ether oxygens (including phenoxy) is 1. The predicted molar refractivity (Wildman–Crippen MR) is 77.8 cm³/mol. The minimum Gasteiger partial charge on any atom is -0.394 e. The lowest BCUT2D eigenvalue weighted by atomic mass is 9.86. The van der Waals surface area contributed by atoms with Crippen LogP contribution < -0.4 is 0 Å². The van der Waals surface area contributed by atoms with E-state index >= 15 is 0 Å². The van der Waals surface area contributed by atoms with E-state index in [1.807, 2.05) is 18.2 Å². The third-order valence-electron chi connectivity index (χ3n) is 4.14. The second-order valence-corrected chi connectivity index (χ2v) is 5.49. The molecule has 118 valence electrons. The average molecular weight is 306 g/mol. The smallest absolute Gasteiger partial charge is 0.223 e. The molecule has 1 aliphatic rings. The molecule has 0 aromatic heterocycles. The topological polar surface area (TPSA) is 110 Å². The van der Waals surface area contributed by atoms with Gasteiger partial charge in [0, 0.05) is 5.56 Å². The Hall–Kier alpha value is -1.54. The summed E-state index contributed by atoms with van der Waals surface area (Å²) in [7, 11) is 0. The van der Waals surface area contributed by atoms with E-state index in [0.29, 0.717) is 5.39 Å². The van der Waals surface area contributed by atoms with E-state index in [1.165, 1.54) is 0 Å². The summed E-state index contributed by atoms with van der Waals surface area (Å²) in [6, 6.07) is 12.3. The van der Waals surface area contributed by atoms with Crippen LogP contribution in [0, 0.1) is 0 Å². The lowest BCUT2D eigenvalue weighted by molar-refractivity contribution is -0.357. The van der Waals surface area contributed by atoms with Crippen LogP contribution in [0.25, 0.3) is 10.8 Å². The van der Waals surface area contributed by atoms with Crippen LogP contribution in [0.5, 0.6) is 0 Å². The van der Waals surface area contributed by atoms with Gasteiger partial charge in [-0.05, 0) is 10.8 Å². The molecule has 22 heavy (non-hydrogen) atoms. The molecule has 0 saturated carbocycles. The van der Waals surface area contributed by atoms with Gasteiger partial charge < -0.3 is 30.3 Å². The summed E-state index contributed by atoms with van der Waals surface area (Å²) in [6.07, 6.45) is -6.09. The molecule has 0 bridgehead atoms. The molecule has 0 radical (unpaired) electrons. The highest BCUT2D eigenvalue weighted by Crippen LogP contribution is 2.39. The van der Waals surface area contributed by atoms with Crippen molar-refractivity contribution in [2.75, 3.05) is 6.61 Å². The van der Waals surface area contributed by atoms with Crippen LogP contribution in [0.2, 0.25) is 0 Å². The van der Waals surface area contributed by atoms with Crippen LogP contribution >= 0.6 is 0 Å². The van der Waals surface area contributed by atoms with Gasteiger partial charge in [-0.25, -0.2) is 0 Å². The Balaban J connectivity index is 2.14. The van der Waals surface area contributed by atoms with Gasteiger partial charge in [0.15, 0.2) is 0 Å². The molecule has 2 aromatic carbocycles. The molecule has 5 N–H and O–H groups in total. The Bertz CT molecular complexity index is 667. The first kappa shape index (κ1) is 15.4. The largest absolute Gasteiger partial charge is 0.394 e. The minimum absolute atomic E-state index is 0.266. The van der Waals surface area contributed by atoms with Crippen LogP contribution in [0.15, 0.2) is 42.5 Å². The van der Waals surface area contributed by atoms with Gasteiger partial charge in [0.2, 0.25) is 5.79 Å². The highest BCUT2D eigenvalue weighted by atomic mass is 16.7. The van der Waals surface area contributed by atoms with E-state index in [2.05, 4.69) is 0 Å². The molecule has 2 aromatic rings. The Labute approximate surface area is 126 Å². The number of fused-ring (bicyclic) bond motifs is 1. The fourth-order valence-corrected chi connectivity index (χ4v) is 2.91. The van der Waals surface area contributed by atoms with Gasteiger partial charge >= 0.3 is 0 Å². The van der Waals surface area contributed by atoms with Gasteiger partial charge in [0.1, 0.15) is 24.4 Å². The molecular weight excluding hydrogens is 288 g/mol. The van der Waals surface area contributed by atoms with Crippen LogP contribution in [0.4, 0.5) is 0 Å². The normalized spacial score (nSPS) is 35.7. The van der Waals surface area contributed by atoms with Crippen molar-refractivity contribution in [3.05, 3.63) is 48.0 Å². The fraction of sp³-hybridized carbons (Fsp3) is 0.375. The molecule has 5 atom stereocenters. The maximum atomic E-state index is 10.8. The molecule has 1 saturated heterocycles. The number of hydrogen-bond donors (Lipinski definition) is 5. The predicted octanol–water partition coefficient (Wildman–Crippen LogP) is -0.541. The zero-order valence-electron chi connectivity index (χ0n) is 11.7. The van der Waals surface area contributed by atoms with E-state index in [-0.39, 0.29) is 5.56 Å². The summed E-state index contributed by atoms with van der Waals surface area (Å²) in [5, 5.41) is 51.6. The molecule has 1 aliphatic heterocycles. The van der Waals surface area contributed by atoms with E-state index in [1.54, 1.807) is 24.3 Å². The number of hydrogen-bond acceptors (Lipinski definition) is 6. The fourth-order valence-electron chi connectivity index (χ4n) is 2.91. The van der Waals surface area contributed by atoms with Crippen molar-refractivity contribution >= 4 is 10.8 Å². The maximum absolute atomic E-state index is 10.8. The molecule has 0 spiro atoms. The minimum atomic E-state index is -2.23. The van der Waals surface area contributed by atoms with Crippen molar-refractivity contribution in [1.82, 2.24) is 0 Å². The Morgan fingerprint density at radius 2 is 1.64 bits per heavy atom. The van der Waals surface area contributed by atoms with Crippen LogP contribution in [-0.2, 0) is 10.5 Å². The molecule has 6 nitrogen and oxygen atoms in total. The first-order valence-corrected chi connectivity index (χ1v) is 7.02. The van der Waals surface area contributed by atoms with Crippen molar-refractivity contribution in [2.24, 2.45) is 0 Å². The van der Waals surface area contributed by atoms with Crippen molar-refractivity contribution < 1.29 is 30.3 Å². The molecule has 0 amide bonds. The first-order valence-electron chi connectivity index (χ1n) is 7.02. The van der Waals surface area contributed by atoms with Gasteiger partial charge in [0.25, 0.3) is 0 Å². The Kier molecular flexibility index (Phi) is 3.90. The van der Waals surface area contributed by atoms with Gasteiger partial charge in [-0.3, -0.25) is 0 Å². The summed E-state index contributed by atoms with van der Waals surface area (Å²) in [4.78, 5) is 0. The molecule has 1 fully saturated rings. The van der Waals surface area contributed by atoms with Crippen LogP contribution in [0.3, 0.4) is 0 Å². The zero-order chi connectivity index (χ0) is 15.9. The second kappa shape index (κ2) is 5.58. The average Bonchev–Trinajstić information content (AvgIpc) is 2.56. The van der Waals surface area contributed by atoms with Crippen molar-refractivity contribution in [1.29, 1.82) is 0 Å². The monoisotopic (exact) mass is 306 g/mol. The summed E-state index contributed by atoms with van der Waals surface area (Å²) in [6.45, 7) is -0.599. The molecule has 0 unspecified atom stereocenters. The Morgan fingerprint density at radius 1 is 0.955 bits per heavy atom. The van der Waals surface area contributed by atoms with Crippen molar-refractivity contribution in [2.45, 2.75) is 30.2 Å². The van der Waals surface area contributed by atoms with Crippen LogP contribution in [0.1, 0.15) is 5.56 Å². The SMILES string of the molecule is OC[C@H]1O[C@](O)(c2cccc3ccccc23)[C@H](O)[C@@H](O)[C@@H]1O. The molecule has 1 heterocycles. The third kappa shape index (κ3) is 2.21. The van der Waals surface area contributed by atoms with Gasteiger partial charge in [-0.15, -0.1) is 0 Å². The number of aliphatic hydroxyl groups excluding tert-OH is 4. The molecule has 6 heteroatoms. The lowest BCUT2D eigenvalue weighted by Crippen LogP contribution is -2.63. The summed E-state index contributed by atoms with van der Waals surface area (Å²) in [5.41, 5.74) is 0.266.